The second kappa shape index (κ2) is 6.42. The number of anilines is 1. The lowest BCUT2D eigenvalue weighted by Crippen LogP contribution is -2.15. The highest BCUT2D eigenvalue weighted by Gasteiger charge is 2.45. The van der Waals surface area contributed by atoms with Gasteiger partial charge in [0.25, 0.3) is 0 Å². The number of carbonyl (C=O) groups excluding carboxylic acids is 1. The van der Waals surface area contributed by atoms with Crippen LogP contribution in [-0.4, -0.2) is 23.6 Å². The smallest absolute Gasteiger partial charge is 0.341 e. The van der Waals surface area contributed by atoms with Crippen molar-refractivity contribution in [3.63, 3.8) is 0 Å². The summed E-state index contributed by atoms with van der Waals surface area (Å²) in [6.45, 7) is 1.67. The summed E-state index contributed by atoms with van der Waals surface area (Å²) >= 11 is 1.70. The van der Waals surface area contributed by atoms with Gasteiger partial charge in [0, 0.05) is 28.5 Å². The first-order valence-corrected chi connectivity index (χ1v) is 8.22. The van der Waals surface area contributed by atoms with Gasteiger partial charge in [0.2, 0.25) is 5.91 Å². The average molecular weight is 331 g/mol. The van der Waals surface area contributed by atoms with Gasteiger partial charge in [0.1, 0.15) is 5.75 Å². The molecule has 120 valence electrons. The molecule has 1 amide bonds. The fraction of sp³-hybridized carbons (Fsp3) is 0.294. The Kier molecular flexibility index (Phi) is 4.34. The van der Waals surface area contributed by atoms with Gasteiger partial charge < -0.3 is 15.2 Å². The van der Waals surface area contributed by atoms with Gasteiger partial charge in [-0.05, 0) is 42.5 Å². The molecule has 0 spiro atoms. The number of hydrogen-bond donors (Lipinski definition) is 2. The zero-order valence-electron chi connectivity index (χ0n) is 12.6. The Morgan fingerprint density at radius 2 is 2.22 bits per heavy atom. The van der Waals surface area contributed by atoms with Crippen molar-refractivity contribution in [2.45, 2.75) is 19.3 Å². The minimum absolute atomic E-state index is 0.00168. The molecule has 1 aliphatic rings. The van der Waals surface area contributed by atoms with Crippen LogP contribution in [0.2, 0.25) is 0 Å². The van der Waals surface area contributed by atoms with E-state index in [1.165, 1.54) is 10.4 Å². The van der Waals surface area contributed by atoms with Crippen LogP contribution in [0.1, 0.15) is 22.8 Å². The molecule has 2 N–H and O–H groups in total. The Hall–Kier alpha value is -2.34. The molecule has 1 saturated carbocycles. The van der Waals surface area contributed by atoms with Gasteiger partial charge in [-0.1, -0.05) is 6.07 Å². The molecule has 1 aliphatic carbocycles. The number of carboxylic acid groups (broad SMARTS) is 1. The van der Waals surface area contributed by atoms with Gasteiger partial charge in [-0.25, -0.2) is 4.79 Å². The third-order valence-corrected chi connectivity index (χ3v) is 4.98. The quantitative estimate of drug-likeness (QED) is 0.852. The maximum Gasteiger partial charge on any atom is 0.341 e. The highest BCUT2D eigenvalue weighted by atomic mass is 32.1. The average Bonchev–Trinajstić information content (AvgIpc) is 3.20. The number of aliphatic carboxylic acids is 1. The summed E-state index contributed by atoms with van der Waals surface area (Å²) in [7, 11) is 0. The molecule has 0 saturated heterocycles. The summed E-state index contributed by atoms with van der Waals surface area (Å²) in [6, 6.07) is 8.86. The van der Waals surface area contributed by atoms with Crippen molar-refractivity contribution in [1.82, 2.24) is 0 Å². The lowest BCUT2D eigenvalue weighted by atomic mass is 10.2. The summed E-state index contributed by atoms with van der Waals surface area (Å²) in [4.78, 5) is 24.1. The third kappa shape index (κ3) is 3.71. The highest BCUT2D eigenvalue weighted by molar-refractivity contribution is 7.10. The van der Waals surface area contributed by atoms with Crippen molar-refractivity contribution < 1.29 is 19.4 Å². The van der Waals surface area contributed by atoms with Gasteiger partial charge in [-0.15, -0.1) is 11.3 Å². The first-order chi connectivity index (χ1) is 11.0. The van der Waals surface area contributed by atoms with Crippen LogP contribution < -0.4 is 10.1 Å². The summed E-state index contributed by atoms with van der Waals surface area (Å²) in [5.41, 5.74) is 1.87. The summed E-state index contributed by atoms with van der Waals surface area (Å²) in [5.74, 6) is -0.284. The Morgan fingerprint density at radius 1 is 1.39 bits per heavy atom. The van der Waals surface area contributed by atoms with Crippen molar-refractivity contribution in [3.05, 3.63) is 46.2 Å². The Morgan fingerprint density at radius 3 is 2.91 bits per heavy atom. The van der Waals surface area contributed by atoms with Crippen LogP contribution in [0, 0.1) is 12.8 Å². The molecule has 0 radical (unpaired) electrons. The lowest BCUT2D eigenvalue weighted by molar-refractivity contribution is -0.139. The molecule has 0 aliphatic heterocycles. The second-order valence-corrected chi connectivity index (χ2v) is 6.56. The molecule has 1 heterocycles. The standard InChI is InChI=1S/C17H17NO4S/c1-10-5-6-23-16(10)13-8-14(13)17(21)18-11-3-2-4-12(7-11)22-9-15(19)20/h2-7,13-14H,8-9H2,1H3,(H,18,21)(H,19,20). The number of benzene rings is 1. The SMILES string of the molecule is Cc1ccsc1C1CC1C(=O)Nc1cccc(OCC(=O)O)c1. The summed E-state index contributed by atoms with van der Waals surface area (Å²) < 4.78 is 5.11. The zero-order valence-corrected chi connectivity index (χ0v) is 13.4. The minimum Gasteiger partial charge on any atom is -0.482 e. The first kappa shape index (κ1) is 15.6. The summed E-state index contributed by atoms with van der Waals surface area (Å²) in [5, 5.41) is 13.6. The first-order valence-electron chi connectivity index (χ1n) is 7.34. The maximum absolute atomic E-state index is 12.3. The van der Waals surface area contributed by atoms with Crippen molar-refractivity contribution in [1.29, 1.82) is 0 Å². The fourth-order valence-corrected chi connectivity index (χ4v) is 3.69. The largest absolute Gasteiger partial charge is 0.482 e. The minimum atomic E-state index is -1.04. The number of aryl methyl sites for hydroxylation is 1. The maximum atomic E-state index is 12.3. The normalized spacial score (nSPS) is 19.2. The van der Waals surface area contributed by atoms with Crippen LogP contribution in [0.3, 0.4) is 0 Å². The van der Waals surface area contributed by atoms with Crippen molar-refractivity contribution in [2.24, 2.45) is 5.92 Å². The monoisotopic (exact) mass is 331 g/mol. The highest BCUT2D eigenvalue weighted by Crippen LogP contribution is 2.50. The molecule has 6 heteroatoms. The second-order valence-electron chi connectivity index (χ2n) is 5.62. The molecule has 1 aromatic carbocycles. The molecule has 3 rings (SSSR count). The van der Waals surface area contributed by atoms with E-state index in [1.54, 1.807) is 35.6 Å². The zero-order chi connectivity index (χ0) is 16.4. The van der Waals surface area contributed by atoms with E-state index in [1.807, 2.05) is 0 Å². The van der Waals surface area contributed by atoms with Crippen LogP contribution in [-0.2, 0) is 9.59 Å². The number of hydrogen-bond acceptors (Lipinski definition) is 4. The van der Waals surface area contributed by atoms with E-state index in [0.29, 0.717) is 17.4 Å². The molecule has 1 aromatic heterocycles. The number of carbonyl (C=O) groups is 2. The lowest BCUT2D eigenvalue weighted by Gasteiger charge is -2.08. The number of ether oxygens (including phenoxy) is 1. The van der Waals surface area contributed by atoms with Gasteiger partial charge in [-0.3, -0.25) is 4.79 Å². The number of thiophene rings is 1. The van der Waals surface area contributed by atoms with Gasteiger partial charge in [-0.2, -0.15) is 0 Å². The van der Waals surface area contributed by atoms with Crippen LogP contribution in [0.15, 0.2) is 35.7 Å². The Balaban J connectivity index is 1.60. The van der Waals surface area contributed by atoms with Crippen LogP contribution in [0.25, 0.3) is 0 Å². The number of amides is 1. The molecule has 2 unspecified atom stereocenters. The number of carboxylic acids is 1. The molecule has 5 nitrogen and oxygen atoms in total. The van der Waals surface area contributed by atoms with E-state index in [2.05, 4.69) is 23.7 Å². The third-order valence-electron chi connectivity index (χ3n) is 3.83. The predicted molar refractivity (Wildman–Crippen MR) is 88.1 cm³/mol. The van der Waals surface area contributed by atoms with E-state index in [-0.39, 0.29) is 11.8 Å². The van der Waals surface area contributed by atoms with E-state index in [0.717, 1.165) is 6.42 Å². The fourth-order valence-electron chi connectivity index (χ4n) is 2.58. The molecular weight excluding hydrogens is 314 g/mol. The van der Waals surface area contributed by atoms with E-state index in [4.69, 9.17) is 9.84 Å². The van der Waals surface area contributed by atoms with Crippen molar-refractivity contribution in [2.75, 3.05) is 11.9 Å². The molecule has 2 atom stereocenters. The Labute approximate surface area is 137 Å². The molecule has 0 bridgehead atoms. The van der Waals surface area contributed by atoms with Gasteiger partial charge in [0.15, 0.2) is 6.61 Å². The molecule has 2 aromatic rings. The topological polar surface area (TPSA) is 75.6 Å². The predicted octanol–water partition coefficient (Wildman–Crippen LogP) is 3.26. The van der Waals surface area contributed by atoms with Crippen molar-refractivity contribution in [3.8, 4) is 5.75 Å². The molecule has 1 fully saturated rings. The number of rotatable bonds is 6. The van der Waals surface area contributed by atoms with E-state index in [9.17, 15) is 9.59 Å². The van der Waals surface area contributed by atoms with Crippen LogP contribution in [0.5, 0.6) is 5.75 Å². The van der Waals surface area contributed by atoms with Gasteiger partial charge in [0.05, 0.1) is 0 Å². The Bertz CT molecular complexity index is 740. The molecule has 23 heavy (non-hydrogen) atoms. The van der Waals surface area contributed by atoms with E-state index < -0.39 is 12.6 Å². The molecular formula is C17H17NO4S. The number of nitrogens with one attached hydrogen (secondary N) is 1. The summed E-state index contributed by atoms with van der Waals surface area (Å²) in [6.07, 6.45) is 0.877. The van der Waals surface area contributed by atoms with E-state index >= 15 is 0 Å². The van der Waals surface area contributed by atoms with Gasteiger partial charge >= 0.3 is 5.97 Å². The van der Waals surface area contributed by atoms with Crippen LogP contribution in [0.4, 0.5) is 5.69 Å². The van der Waals surface area contributed by atoms with Crippen molar-refractivity contribution >= 4 is 28.9 Å². The van der Waals surface area contributed by atoms with Crippen LogP contribution >= 0.6 is 11.3 Å².